The fourth-order valence-corrected chi connectivity index (χ4v) is 3.26. The molecule has 7 nitrogen and oxygen atoms in total. The lowest BCUT2D eigenvalue weighted by Gasteiger charge is -2.26. The third-order valence-electron chi connectivity index (χ3n) is 4.16. The summed E-state index contributed by atoms with van der Waals surface area (Å²) in [5.41, 5.74) is 0. The monoisotopic (exact) mass is 509 g/mol. The number of aliphatic imine (C=N–C) groups is 1. The zero-order valence-electron chi connectivity index (χ0n) is 16.3. The van der Waals surface area contributed by atoms with Gasteiger partial charge in [-0.1, -0.05) is 6.07 Å². The van der Waals surface area contributed by atoms with Crippen molar-refractivity contribution >= 4 is 47.2 Å². The zero-order chi connectivity index (χ0) is 18.6. The van der Waals surface area contributed by atoms with Gasteiger partial charge in [0.05, 0.1) is 13.2 Å². The Morgan fingerprint density at radius 1 is 1.30 bits per heavy atom. The standard InChI is InChI=1S/C18H31N5O2S.HI/c1-22(2)17(24)15-21-18(20-8-6-16-5-3-14-26-16)19-7-4-9-23-10-12-25-13-11-23;/h3,5,14H,4,6-13,15H2,1-2H3,(H2,19,20,21);1H. The molecule has 0 aliphatic carbocycles. The molecule has 2 N–H and O–H groups in total. The second-order valence-corrected chi connectivity index (χ2v) is 7.48. The number of hydrogen-bond acceptors (Lipinski definition) is 5. The van der Waals surface area contributed by atoms with Gasteiger partial charge in [0.2, 0.25) is 5.91 Å². The Balaban J connectivity index is 0.00000364. The summed E-state index contributed by atoms with van der Waals surface area (Å²) in [6, 6.07) is 4.20. The van der Waals surface area contributed by atoms with E-state index in [1.165, 1.54) is 4.88 Å². The molecule has 0 bridgehead atoms. The van der Waals surface area contributed by atoms with E-state index in [0.717, 1.165) is 58.8 Å². The van der Waals surface area contributed by atoms with E-state index in [4.69, 9.17) is 4.74 Å². The van der Waals surface area contributed by atoms with E-state index < -0.39 is 0 Å². The van der Waals surface area contributed by atoms with Gasteiger partial charge in [-0.05, 0) is 30.8 Å². The number of hydrogen-bond donors (Lipinski definition) is 2. The van der Waals surface area contributed by atoms with Crippen LogP contribution in [0, 0.1) is 0 Å². The maximum Gasteiger partial charge on any atom is 0.243 e. The Bertz CT molecular complexity index is 548. The van der Waals surface area contributed by atoms with Crippen LogP contribution in [0.4, 0.5) is 0 Å². The summed E-state index contributed by atoms with van der Waals surface area (Å²) in [5.74, 6) is 0.705. The number of nitrogens with one attached hydrogen (secondary N) is 2. The molecule has 0 unspecified atom stereocenters. The largest absolute Gasteiger partial charge is 0.379 e. The molecule has 1 aromatic heterocycles. The van der Waals surface area contributed by atoms with E-state index >= 15 is 0 Å². The number of guanidine groups is 1. The lowest BCUT2D eigenvalue weighted by molar-refractivity contribution is -0.127. The average Bonchev–Trinajstić information content (AvgIpc) is 3.16. The summed E-state index contributed by atoms with van der Waals surface area (Å²) in [7, 11) is 3.50. The number of likely N-dealkylation sites (N-methyl/N-ethyl adjacent to an activating group) is 1. The number of halogens is 1. The highest BCUT2D eigenvalue weighted by Crippen LogP contribution is 2.08. The summed E-state index contributed by atoms with van der Waals surface area (Å²) in [4.78, 5) is 21.5. The molecule has 0 radical (unpaired) electrons. The quantitative estimate of drug-likeness (QED) is 0.227. The van der Waals surface area contributed by atoms with E-state index in [9.17, 15) is 4.79 Å². The minimum absolute atomic E-state index is 0. The van der Waals surface area contributed by atoms with E-state index in [-0.39, 0.29) is 36.4 Å². The minimum Gasteiger partial charge on any atom is -0.379 e. The first-order chi connectivity index (χ1) is 12.6. The molecule has 0 spiro atoms. The van der Waals surface area contributed by atoms with Crippen molar-refractivity contribution in [1.82, 2.24) is 20.4 Å². The van der Waals surface area contributed by atoms with Crippen LogP contribution in [0.3, 0.4) is 0 Å². The van der Waals surface area contributed by atoms with Gasteiger partial charge in [-0.2, -0.15) is 0 Å². The fourth-order valence-electron chi connectivity index (χ4n) is 2.56. The van der Waals surface area contributed by atoms with Crippen LogP contribution in [0.25, 0.3) is 0 Å². The highest BCUT2D eigenvalue weighted by molar-refractivity contribution is 14.0. The second-order valence-electron chi connectivity index (χ2n) is 6.44. The van der Waals surface area contributed by atoms with Crippen molar-refractivity contribution in [2.45, 2.75) is 12.8 Å². The molecule has 27 heavy (non-hydrogen) atoms. The lowest BCUT2D eigenvalue weighted by atomic mass is 10.3. The maximum absolute atomic E-state index is 11.8. The van der Waals surface area contributed by atoms with Gasteiger partial charge < -0.3 is 20.3 Å². The van der Waals surface area contributed by atoms with E-state index in [1.807, 2.05) is 0 Å². The number of carbonyl (C=O) groups excluding carboxylic acids is 1. The van der Waals surface area contributed by atoms with Crippen LogP contribution in [0.1, 0.15) is 11.3 Å². The Kier molecular flexibility index (Phi) is 12.6. The summed E-state index contributed by atoms with van der Waals surface area (Å²) >= 11 is 1.76. The van der Waals surface area contributed by atoms with Crippen LogP contribution in [0.5, 0.6) is 0 Å². The topological polar surface area (TPSA) is 69.2 Å². The summed E-state index contributed by atoms with van der Waals surface area (Å²) in [5, 5.41) is 8.77. The Morgan fingerprint density at radius 2 is 2.04 bits per heavy atom. The van der Waals surface area contributed by atoms with Gasteiger partial charge >= 0.3 is 0 Å². The highest BCUT2D eigenvalue weighted by Gasteiger charge is 2.09. The summed E-state index contributed by atoms with van der Waals surface area (Å²) in [6.45, 7) is 6.52. The molecule has 0 atom stereocenters. The number of thiophene rings is 1. The maximum atomic E-state index is 11.8. The van der Waals surface area contributed by atoms with Crippen molar-refractivity contribution in [2.24, 2.45) is 4.99 Å². The van der Waals surface area contributed by atoms with Gasteiger partial charge in [0.15, 0.2) is 5.96 Å². The fraction of sp³-hybridized carbons (Fsp3) is 0.667. The molecule has 1 aliphatic rings. The molecule has 0 saturated carbocycles. The van der Waals surface area contributed by atoms with E-state index in [2.05, 4.69) is 38.0 Å². The van der Waals surface area contributed by atoms with Crippen molar-refractivity contribution < 1.29 is 9.53 Å². The molecule has 154 valence electrons. The second kappa shape index (κ2) is 14.1. The number of morpholine rings is 1. The summed E-state index contributed by atoms with van der Waals surface area (Å²) < 4.78 is 5.37. The first kappa shape index (κ1) is 24.1. The van der Waals surface area contributed by atoms with Crippen molar-refractivity contribution in [3.05, 3.63) is 22.4 Å². The zero-order valence-corrected chi connectivity index (χ0v) is 19.4. The number of ether oxygens (including phenoxy) is 1. The van der Waals surface area contributed by atoms with Crippen molar-refractivity contribution in [3.63, 3.8) is 0 Å². The normalized spacial score (nSPS) is 15.1. The lowest BCUT2D eigenvalue weighted by Crippen LogP contribution is -2.41. The summed E-state index contributed by atoms with van der Waals surface area (Å²) in [6.07, 6.45) is 1.99. The SMILES string of the molecule is CN(C)C(=O)CN=C(NCCCN1CCOCC1)NCCc1cccs1.I. The van der Waals surface area contributed by atoms with Crippen molar-refractivity contribution in [2.75, 3.05) is 66.6 Å². The van der Waals surface area contributed by atoms with Crippen molar-refractivity contribution in [1.29, 1.82) is 0 Å². The van der Waals surface area contributed by atoms with Gasteiger partial charge in [0.25, 0.3) is 0 Å². The first-order valence-electron chi connectivity index (χ1n) is 9.20. The van der Waals surface area contributed by atoms with Crippen molar-refractivity contribution in [3.8, 4) is 0 Å². The van der Waals surface area contributed by atoms with Gasteiger partial charge in [-0.25, -0.2) is 4.99 Å². The molecule has 9 heteroatoms. The van der Waals surface area contributed by atoms with Crippen LogP contribution in [-0.2, 0) is 16.0 Å². The number of carbonyl (C=O) groups is 1. The predicted octanol–water partition coefficient (Wildman–Crippen LogP) is 1.25. The Morgan fingerprint density at radius 3 is 2.70 bits per heavy atom. The number of nitrogens with zero attached hydrogens (tertiary/aromatic N) is 3. The average molecular weight is 509 g/mol. The van der Waals surface area contributed by atoms with Crippen LogP contribution < -0.4 is 10.6 Å². The molecule has 2 rings (SSSR count). The van der Waals surface area contributed by atoms with E-state index in [1.54, 1.807) is 30.3 Å². The van der Waals surface area contributed by atoms with Crippen LogP contribution in [0.15, 0.2) is 22.5 Å². The molecule has 2 heterocycles. The molecule has 1 saturated heterocycles. The van der Waals surface area contributed by atoms with Gasteiger partial charge in [0.1, 0.15) is 6.54 Å². The Hall–Kier alpha value is -0.910. The van der Waals surface area contributed by atoms with Gasteiger partial charge in [-0.3, -0.25) is 9.69 Å². The van der Waals surface area contributed by atoms with E-state index in [0.29, 0.717) is 5.96 Å². The highest BCUT2D eigenvalue weighted by atomic mass is 127. The molecule has 1 aromatic rings. The molecule has 1 fully saturated rings. The third-order valence-corrected chi connectivity index (χ3v) is 5.10. The van der Waals surface area contributed by atoms with Gasteiger partial charge in [-0.15, -0.1) is 35.3 Å². The third kappa shape index (κ3) is 10.3. The van der Waals surface area contributed by atoms with Crippen LogP contribution in [0.2, 0.25) is 0 Å². The van der Waals surface area contributed by atoms with Gasteiger partial charge in [0, 0.05) is 45.2 Å². The van der Waals surface area contributed by atoms with Crippen LogP contribution >= 0.6 is 35.3 Å². The number of amides is 1. The molecular formula is C18H32IN5O2S. The van der Waals surface area contributed by atoms with Crippen LogP contribution in [-0.4, -0.2) is 88.2 Å². The smallest absolute Gasteiger partial charge is 0.243 e. The first-order valence-corrected chi connectivity index (χ1v) is 10.1. The number of rotatable bonds is 9. The minimum atomic E-state index is -0.00215. The predicted molar refractivity (Wildman–Crippen MR) is 122 cm³/mol. The molecule has 1 amide bonds. The molecule has 0 aromatic carbocycles. The Labute approximate surface area is 183 Å². The molecule has 1 aliphatic heterocycles. The molecular weight excluding hydrogens is 477 g/mol.